The second-order valence-corrected chi connectivity index (χ2v) is 8.15. The lowest BCUT2D eigenvalue weighted by molar-refractivity contribution is -0.384. The van der Waals surface area contributed by atoms with Gasteiger partial charge in [-0.05, 0) is 48.4 Å². The van der Waals surface area contributed by atoms with Crippen LogP contribution in [0.4, 0.5) is 17.1 Å². The number of amides is 1. The zero-order valence-electron chi connectivity index (χ0n) is 15.8. The van der Waals surface area contributed by atoms with Crippen LogP contribution in [0.2, 0.25) is 0 Å². The fourth-order valence-electron chi connectivity index (χ4n) is 2.71. The summed E-state index contributed by atoms with van der Waals surface area (Å²) in [7, 11) is -3.89. The minimum atomic E-state index is -3.89. The van der Waals surface area contributed by atoms with Crippen LogP contribution < -0.4 is 10.0 Å². The molecule has 0 fully saturated rings. The maximum Gasteiger partial charge on any atom is 0.269 e. The third-order valence-electron chi connectivity index (χ3n) is 4.26. The first-order valence-corrected chi connectivity index (χ1v) is 10.5. The SMILES string of the molecule is O=C(CCc1ccccc1)Nc1ccc(NS(=O)(=O)c2ccc([N+](=O)[O-])cc2)cc1. The first kappa shape index (κ1) is 21.0. The quantitative estimate of drug-likeness (QED) is 0.418. The minimum Gasteiger partial charge on any atom is -0.326 e. The highest BCUT2D eigenvalue weighted by Crippen LogP contribution is 2.20. The third kappa shape index (κ3) is 5.65. The first-order chi connectivity index (χ1) is 14.3. The molecule has 0 atom stereocenters. The molecule has 0 aliphatic carbocycles. The lowest BCUT2D eigenvalue weighted by atomic mass is 10.1. The molecule has 0 aliphatic rings. The Kier molecular flexibility index (Phi) is 6.43. The van der Waals surface area contributed by atoms with Gasteiger partial charge >= 0.3 is 0 Å². The Morgan fingerprint density at radius 1 is 0.867 bits per heavy atom. The molecule has 0 aliphatic heterocycles. The Morgan fingerprint density at radius 3 is 2.07 bits per heavy atom. The number of carbonyl (C=O) groups is 1. The summed E-state index contributed by atoms with van der Waals surface area (Å²) in [5.74, 6) is -0.141. The summed E-state index contributed by atoms with van der Waals surface area (Å²) in [5, 5.41) is 13.5. The van der Waals surface area contributed by atoms with E-state index in [1.807, 2.05) is 30.3 Å². The lowest BCUT2D eigenvalue weighted by Gasteiger charge is -2.10. The molecule has 0 bridgehead atoms. The maximum absolute atomic E-state index is 12.4. The number of anilines is 2. The fourth-order valence-corrected chi connectivity index (χ4v) is 3.77. The Labute approximate surface area is 173 Å². The van der Waals surface area contributed by atoms with Crippen molar-refractivity contribution in [3.63, 3.8) is 0 Å². The number of nitrogens with zero attached hydrogens (tertiary/aromatic N) is 1. The van der Waals surface area contributed by atoms with E-state index in [0.717, 1.165) is 17.7 Å². The average Bonchev–Trinajstić information content (AvgIpc) is 2.74. The van der Waals surface area contributed by atoms with Gasteiger partial charge in [0.15, 0.2) is 0 Å². The first-order valence-electron chi connectivity index (χ1n) is 9.04. The molecule has 8 nitrogen and oxygen atoms in total. The molecular formula is C21H19N3O5S. The van der Waals surface area contributed by atoms with Crippen LogP contribution in [0, 0.1) is 10.1 Å². The van der Waals surface area contributed by atoms with Crippen molar-refractivity contribution in [1.82, 2.24) is 0 Å². The molecule has 0 unspecified atom stereocenters. The van der Waals surface area contributed by atoms with Crippen molar-refractivity contribution in [3.05, 3.63) is 94.5 Å². The molecule has 1 amide bonds. The van der Waals surface area contributed by atoms with Gasteiger partial charge in [-0.25, -0.2) is 8.42 Å². The molecule has 0 heterocycles. The summed E-state index contributed by atoms with van der Waals surface area (Å²) in [6, 6.07) is 20.5. The molecule has 2 N–H and O–H groups in total. The number of nitrogens with one attached hydrogen (secondary N) is 2. The summed E-state index contributed by atoms with van der Waals surface area (Å²) in [6.45, 7) is 0. The molecule has 0 spiro atoms. The summed E-state index contributed by atoms with van der Waals surface area (Å²) in [4.78, 5) is 22.1. The second-order valence-electron chi connectivity index (χ2n) is 6.47. The van der Waals surface area contributed by atoms with Gasteiger partial charge in [0.1, 0.15) is 0 Å². The molecular weight excluding hydrogens is 406 g/mol. The summed E-state index contributed by atoms with van der Waals surface area (Å²) in [5.41, 5.74) is 1.73. The van der Waals surface area contributed by atoms with E-state index in [4.69, 9.17) is 0 Å². The van der Waals surface area contributed by atoms with E-state index >= 15 is 0 Å². The number of benzene rings is 3. The maximum atomic E-state index is 12.4. The zero-order valence-corrected chi connectivity index (χ0v) is 16.6. The lowest BCUT2D eigenvalue weighted by Crippen LogP contribution is -2.14. The van der Waals surface area contributed by atoms with Crippen molar-refractivity contribution in [2.24, 2.45) is 0 Å². The number of hydrogen-bond donors (Lipinski definition) is 2. The number of aryl methyl sites for hydroxylation is 1. The fraction of sp³-hybridized carbons (Fsp3) is 0.0952. The van der Waals surface area contributed by atoms with E-state index in [1.54, 1.807) is 12.1 Å². The highest BCUT2D eigenvalue weighted by atomic mass is 32.2. The van der Waals surface area contributed by atoms with E-state index in [-0.39, 0.29) is 16.5 Å². The molecule has 0 radical (unpaired) electrons. The molecule has 3 aromatic carbocycles. The summed E-state index contributed by atoms with van der Waals surface area (Å²) >= 11 is 0. The van der Waals surface area contributed by atoms with Crippen LogP contribution in [0.1, 0.15) is 12.0 Å². The van der Waals surface area contributed by atoms with Gasteiger partial charge in [-0.3, -0.25) is 19.6 Å². The minimum absolute atomic E-state index is 0.0913. The average molecular weight is 425 g/mol. The smallest absolute Gasteiger partial charge is 0.269 e. The molecule has 3 rings (SSSR count). The highest BCUT2D eigenvalue weighted by molar-refractivity contribution is 7.92. The number of hydrogen-bond acceptors (Lipinski definition) is 5. The summed E-state index contributed by atoms with van der Waals surface area (Å²) in [6.07, 6.45) is 0.957. The Bertz CT molecular complexity index is 1130. The van der Waals surface area contributed by atoms with Crippen molar-refractivity contribution in [2.75, 3.05) is 10.0 Å². The Hall–Kier alpha value is -3.72. The van der Waals surface area contributed by atoms with Gasteiger partial charge in [0.2, 0.25) is 5.91 Å². The highest BCUT2D eigenvalue weighted by Gasteiger charge is 2.16. The van der Waals surface area contributed by atoms with Crippen LogP contribution in [0.25, 0.3) is 0 Å². The van der Waals surface area contributed by atoms with Crippen molar-refractivity contribution in [3.8, 4) is 0 Å². The second kappa shape index (κ2) is 9.19. The van der Waals surface area contributed by atoms with Crippen LogP contribution in [0.5, 0.6) is 0 Å². The standard InChI is InChI=1S/C21H19N3O5S/c25-21(15-6-16-4-2-1-3-5-16)22-17-7-9-18(10-8-17)23-30(28,29)20-13-11-19(12-14-20)24(26)27/h1-5,7-14,23H,6,15H2,(H,22,25). The van der Waals surface area contributed by atoms with E-state index in [1.165, 1.54) is 24.3 Å². The number of sulfonamides is 1. The Morgan fingerprint density at radius 2 is 1.47 bits per heavy atom. The van der Waals surface area contributed by atoms with Gasteiger partial charge in [-0.1, -0.05) is 30.3 Å². The van der Waals surface area contributed by atoms with E-state index in [0.29, 0.717) is 24.2 Å². The predicted octanol–water partition coefficient (Wildman–Crippen LogP) is 3.97. The van der Waals surface area contributed by atoms with Crippen LogP contribution in [-0.2, 0) is 21.2 Å². The van der Waals surface area contributed by atoms with Crippen LogP contribution in [-0.4, -0.2) is 19.2 Å². The molecule has 30 heavy (non-hydrogen) atoms. The van der Waals surface area contributed by atoms with E-state index in [2.05, 4.69) is 10.0 Å². The van der Waals surface area contributed by atoms with Crippen molar-refractivity contribution < 1.29 is 18.1 Å². The molecule has 0 saturated heterocycles. The molecule has 3 aromatic rings. The summed E-state index contributed by atoms with van der Waals surface area (Å²) < 4.78 is 27.2. The number of carbonyl (C=O) groups excluding carboxylic acids is 1. The Balaban J connectivity index is 1.58. The number of rotatable bonds is 8. The van der Waals surface area contributed by atoms with Gasteiger partial charge in [0, 0.05) is 29.9 Å². The van der Waals surface area contributed by atoms with Crippen LogP contribution in [0.3, 0.4) is 0 Å². The number of nitro benzene ring substituents is 1. The number of non-ortho nitro benzene ring substituents is 1. The van der Waals surface area contributed by atoms with Crippen LogP contribution >= 0.6 is 0 Å². The van der Waals surface area contributed by atoms with Crippen molar-refractivity contribution in [1.29, 1.82) is 0 Å². The normalized spacial score (nSPS) is 10.9. The third-order valence-corrected chi connectivity index (χ3v) is 5.66. The molecule has 154 valence electrons. The van der Waals surface area contributed by atoms with Crippen LogP contribution in [0.15, 0.2) is 83.8 Å². The van der Waals surface area contributed by atoms with Gasteiger partial charge in [0.25, 0.3) is 15.7 Å². The van der Waals surface area contributed by atoms with Gasteiger partial charge in [-0.2, -0.15) is 0 Å². The number of nitro groups is 1. The monoisotopic (exact) mass is 425 g/mol. The van der Waals surface area contributed by atoms with Gasteiger partial charge < -0.3 is 5.32 Å². The molecule has 0 aromatic heterocycles. The van der Waals surface area contributed by atoms with E-state index < -0.39 is 14.9 Å². The topological polar surface area (TPSA) is 118 Å². The van der Waals surface area contributed by atoms with E-state index in [9.17, 15) is 23.3 Å². The van der Waals surface area contributed by atoms with Gasteiger partial charge in [-0.15, -0.1) is 0 Å². The predicted molar refractivity (Wildman–Crippen MR) is 114 cm³/mol. The van der Waals surface area contributed by atoms with Crippen molar-refractivity contribution >= 4 is 33.0 Å². The molecule has 9 heteroatoms. The zero-order chi connectivity index (χ0) is 21.6. The van der Waals surface area contributed by atoms with Crippen molar-refractivity contribution in [2.45, 2.75) is 17.7 Å². The molecule has 0 saturated carbocycles. The largest absolute Gasteiger partial charge is 0.326 e. The van der Waals surface area contributed by atoms with Gasteiger partial charge in [0.05, 0.1) is 9.82 Å².